The number of halogens is 6. The minimum atomic E-state index is -4.51. The number of pyridine rings is 1. The Hall–Kier alpha value is -3.58. The van der Waals surface area contributed by atoms with Gasteiger partial charge in [-0.15, -0.1) is 5.10 Å². The molecule has 0 saturated heterocycles. The number of nitrogens with one attached hydrogen (secondary N) is 1. The molecule has 0 fully saturated rings. The van der Waals surface area contributed by atoms with E-state index in [0.29, 0.717) is 5.56 Å². The molecule has 0 amide bonds. The van der Waals surface area contributed by atoms with Gasteiger partial charge in [-0.05, 0) is 32.0 Å². The number of anilines is 2. The van der Waals surface area contributed by atoms with Gasteiger partial charge in [0.2, 0.25) is 5.95 Å². The zero-order valence-electron chi connectivity index (χ0n) is 16.6. The summed E-state index contributed by atoms with van der Waals surface area (Å²) in [4.78, 5) is 12.3. The molecular formula is C18H16F6N8. The Morgan fingerprint density at radius 3 is 2.44 bits per heavy atom. The van der Waals surface area contributed by atoms with Crippen molar-refractivity contribution in [2.45, 2.75) is 38.8 Å². The SMILES string of the molecule is Cc1nc2ccc(-c3ccn4nc(N[C@H](C)C(F)(F)F)nc(N)c34)nc2n1CC(F)(F)F. The van der Waals surface area contributed by atoms with Gasteiger partial charge in [0.25, 0.3) is 0 Å². The molecule has 32 heavy (non-hydrogen) atoms. The summed E-state index contributed by atoms with van der Waals surface area (Å²) in [6.07, 6.45) is -7.53. The van der Waals surface area contributed by atoms with E-state index in [-0.39, 0.29) is 40.0 Å². The van der Waals surface area contributed by atoms with Crippen molar-refractivity contribution in [1.82, 2.24) is 29.1 Å². The standard InChI is InChI=1S/C18H16F6N8/c1-8(18(22,23)24)26-16-29-14(25)13-10(5-6-32(13)30-16)11-3-4-12-15(28-11)31(9(2)27-12)7-17(19,20)21/h3-6,8H,7H2,1-2H3,(H3,25,26,29,30)/t8-/m1/s1. The molecule has 0 spiro atoms. The van der Waals surface area contributed by atoms with E-state index in [1.807, 2.05) is 0 Å². The minimum Gasteiger partial charge on any atom is -0.382 e. The third kappa shape index (κ3) is 3.99. The number of rotatable bonds is 4. The number of imidazole rings is 1. The number of nitrogens with zero attached hydrogens (tertiary/aromatic N) is 6. The van der Waals surface area contributed by atoms with Crippen molar-refractivity contribution < 1.29 is 26.3 Å². The van der Waals surface area contributed by atoms with Gasteiger partial charge in [-0.2, -0.15) is 31.3 Å². The summed E-state index contributed by atoms with van der Waals surface area (Å²) in [5.74, 6) is -0.302. The van der Waals surface area contributed by atoms with Crippen molar-refractivity contribution in [3.8, 4) is 11.3 Å². The molecule has 0 aliphatic rings. The van der Waals surface area contributed by atoms with E-state index in [2.05, 4.69) is 25.4 Å². The Labute approximate surface area is 176 Å². The van der Waals surface area contributed by atoms with E-state index in [0.717, 1.165) is 11.5 Å². The Bertz CT molecular complexity index is 1300. The average molecular weight is 458 g/mol. The second-order valence-corrected chi connectivity index (χ2v) is 7.15. The van der Waals surface area contributed by atoms with Crippen LogP contribution >= 0.6 is 0 Å². The summed E-state index contributed by atoms with van der Waals surface area (Å²) in [6.45, 7) is 1.11. The highest BCUT2D eigenvalue weighted by atomic mass is 19.4. The molecule has 0 aromatic carbocycles. The van der Waals surface area contributed by atoms with Crippen molar-refractivity contribution in [3.63, 3.8) is 0 Å². The molecular weight excluding hydrogens is 442 g/mol. The number of fused-ring (bicyclic) bond motifs is 2. The van der Waals surface area contributed by atoms with Crippen LogP contribution in [0.4, 0.5) is 38.1 Å². The molecule has 4 aromatic rings. The van der Waals surface area contributed by atoms with Gasteiger partial charge in [0, 0.05) is 11.8 Å². The molecule has 14 heteroatoms. The molecule has 170 valence electrons. The van der Waals surface area contributed by atoms with Crippen molar-refractivity contribution >= 4 is 28.4 Å². The lowest BCUT2D eigenvalue weighted by atomic mass is 10.2. The summed E-state index contributed by atoms with van der Waals surface area (Å²) in [7, 11) is 0. The molecule has 4 rings (SSSR count). The van der Waals surface area contributed by atoms with Crippen LogP contribution in [0.1, 0.15) is 12.7 Å². The topological polar surface area (TPSA) is 98.9 Å². The normalized spacial score (nSPS) is 13.8. The number of nitrogen functional groups attached to an aromatic ring is 1. The van der Waals surface area contributed by atoms with Gasteiger partial charge in [-0.25, -0.2) is 14.5 Å². The van der Waals surface area contributed by atoms with Crippen molar-refractivity contribution in [2.24, 2.45) is 0 Å². The maximum absolute atomic E-state index is 13.0. The summed E-state index contributed by atoms with van der Waals surface area (Å²) in [6, 6.07) is 2.72. The van der Waals surface area contributed by atoms with E-state index in [1.165, 1.54) is 23.7 Å². The number of alkyl halides is 6. The van der Waals surface area contributed by atoms with Gasteiger partial charge in [0.1, 0.15) is 29.4 Å². The van der Waals surface area contributed by atoms with Crippen molar-refractivity contribution in [1.29, 1.82) is 0 Å². The van der Waals surface area contributed by atoms with Gasteiger partial charge >= 0.3 is 12.4 Å². The summed E-state index contributed by atoms with van der Waals surface area (Å²) < 4.78 is 79.5. The van der Waals surface area contributed by atoms with Crippen LogP contribution in [0.2, 0.25) is 0 Å². The first kappa shape index (κ1) is 21.6. The van der Waals surface area contributed by atoms with Crippen LogP contribution in [0.25, 0.3) is 27.9 Å². The molecule has 4 heterocycles. The fourth-order valence-corrected chi connectivity index (χ4v) is 3.23. The number of nitrogens with two attached hydrogens (primary N) is 1. The molecule has 0 aliphatic heterocycles. The average Bonchev–Trinajstić information content (AvgIpc) is 3.21. The summed E-state index contributed by atoms with van der Waals surface area (Å²) in [5.41, 5.74) is 7.22. The van der Waals surface area contributed by atoms with Crippen LogP contribution in [0.15, 0.2) is 24.4 Å². The fourth-order valence-electron chi connectivity index (χ4n) is 3.23. The molecule has 0 unspecified atom stereocenters. The third-order valence-corrected chi connectivity index (χ3v) is 4.77. The molecule has 0 radical (unpaired) electrons. The zero-order chi connectivity index (χ0) is 23.4. The largest absolute Gasteiger partial charge is 0.408 e. The van der Waals surface area contributed by atoms with Gasteiger partial charge in [0.05, 0.1) is 5.69 Å². The lowest BCUT2D eigenvalue weighted by molar-refractivity contribution is -0.140. The highest BCUT2D eigenvalue weighted by Gasteiger charge is 2.36. The molecule has 0 bridgehead atoms. The molecule has 3 N–H and O–H groups in total. The second-order valence-electron chi connectivity index (χ2n) is 7.15. The monoisotopic (exact) mass is 458 g/mol. The molecule has 8 nitrogen and oxygen atoms in total. The van der Waals surface area contributed by atoms with E-state index in [4.69, 9.17) is 5.73 Å². The van der Waals surface area contributed by atoms with Crippen LogP contribution in [-0.4, -0.2) is 47.5 Å². The molecule has 0 saturated carbocycles. The van der Waals surface area contributed by atoms with Crippen LogP contribution in [0.3, 0.4) is 0 Å². The summed E-state index contributed by atoms with van der Waals surface area (Å²) in [5, 5.41) is 6.13. The maximum atomic E-state index is 13.0. The van der Waals surface area contributed by atoms with Crippen molar-refractivity contribution in [2.75, 3.05) is 11.1 Å². The Kier molecular flexibility index (Phi) is 4.90. The Morgan fingerprint density at radius 2 is 1.78 bits per heavy atom. The maximum Gasteiger partial charge on any atom is 0.408 e. The predicted octanol–water partition coefficient (Wildman–Crippen LogP) is 3.96. The molecule has 0 aliphatic carbocycles. The van der Waals surface area contributed by atoms with E-state index >= 15 is 0 Å². The van der Waals surface area contributed by atoms with Gasteiger partial charge < -0.3 is 15.6 Å². The van der Waals surface area contributed by atoms with Crippen molar-refractivity contribution in [3.05, 3.63) is 30.2 Å². The molecule has 4 aromatic heterocycles. The Morgan fingerprint density at radius 1 is 1.06 bits per heavy atom. The van der Waals surface area contributed by atoms with Crippen LogP contribution < -0.4 is 11.1 Å². The third-order valence-electron chi connectivity index (χ3n) is 4.77. The lowest BCUT2D eigenvalue weighted by Gasteiger charge is -2.17. The van der Waals surface area contributed by atoms with Gasteiger partial charge in [-0.1, -0.05) is 0 Å². The first-order chi connectivity index (χ1) is 14.8. The second kappa shape index (κ2) is 7.24. The first-order valence-electron chi connectivity index (χ1n) is 9.22. The molecule has 1 atom stereocenters. The fraction of sp³-hybridized carbons (Fsp3) is 0.333. The number of aromatic nitrogens is 6. The quantitative estimate of drug-likeness (QED) is 0.450. The lowest BCUT2D eigenvalue weighted by Crippen LogP contribution is -2.34. The predicted molar refractivity (Wildman–Crippen MR) is 104 cm³/mol. The zero-order valence-corrected chi connectivity index (χ0v) is 16.6. The van der Waals surface area contributed by atoms with Crippen LogP contribution in [0, 0.1) is 6.92 Å². The first-order valence-corrected chi connectivity index (χ1v) is 9.22. The highest BCUT2D eigenvalue weighted by molar-refractivity contribution is 5.88. The van der Waals surface area contributed by atoms with Crippen LogP contribution in [0.5, 0.6) is 0 Å². The van der Waals surface area contributed by atoms with Gasteiger partial charge in [0.15, 0.2) is 11.5 Å². The van der Waals surface area contributed by atoms with Gasteiger partial charge in [-0.3, -0.25) is 0 Å². The number of hydrogen-bond donors (Lipinski definition) is 2. The highest BCUT2D eigenvalue weighted by Crippen LogP contribution is 2.31. The number of aryl methyl sites for hydroxylation is 1. The van der Waals surface area contributed by atoms with E-state index < -0.39 is 24.9 Å². The smallest absolute Gasteiger partial charge is 0.382 e. The minimum absolute atomic E-state index is 0.0356. The van der Waals surface area contributed by atoms with E-state index in [1.54, 1.807) is 12.1 Å². The van der Waals surface area contributed by atoms with E-state index in [9.17, 15) is 26.3 Å². The number of hydrogen-bond acceptors (Lipinski definition) is 6. The Balaban J connectivity index is 1.77. The summed E-state index contributed by atoms with van der Waals surface area (Å²) >= 11 is 0. The van der Waals surface area contributed by atoms with Crippen LogP contribution in [-0.2, 0) is 6.54 Å².